The molecule has 0 atom stereocenters. The Bertz CT molecular complexity index is 808. The number of benzene rings is 2. The van der Waals surface area contributed by atoms with Gasteiger partial charge in [0.2, 0.25) is 5.39 Å². The van der Waals surface area contributed by atoms with Gasteiger partial charge in [0.25, 0.3) is 0 Å². The van der Waals surface area contributed by atoms with Crippen molar-refractivity contribution in [1.29, 1.82) is 5.39 Å². The number of diazo groups is 1. The third-order valence-electron chi connectivity index (χ3n) is 3.53. The lowest BCUT2D eigenvalue weighted by atomic mass is 10.1. The zero-order valence-electron chi connectivity index (χ0n) is 13.4. The van der Waals surface area contributed by atoms with Crippen LogP contribution in [0.1, 0.15) is 12.0 Å². The molecule has 2 aromatic carbocycles. The molecule has 124 valence electrons. The maximum atomic E-state index is 9.13. The van der Waals surface area contributed by atoms with E-state index in [1.165, 1.54) is 0 Å². The van der Waals surface area contributed by atoms with Gasteiger partial charge in [0.15, 0.2) is 10.7 Å². The number of hydrogen-bond acceptors (Lipinski definition) is 5. The van der Waals surface area contributed by atoms with Gasteiger partial charge in [-0.3, -0.25) is 0 Å². The summed E-state index contributed by atoms with van der Waals surface area (Å²) < 4.78 is 22.0. The van der Waals surface area contributed by atoms with Crippen molar-refractivity contribution in [2.75, 3.05) is 13.2 Å². The molecule has 0 saturated carbocycles. The second-order valence-electron chi connectivity index (χ2n) is 5.29. The minimum absolute atomic E-state index is 0.151. The van der Waals surface area contributed by atoms with Crippen LogP contribution in [-0.2, 0) is 20.6 Å². The van der Waals surface area contributed by atoms with Crippen LogP contribution in [0.5, 0.6) is 11.5 Å². The molecule has 8 heteroatoms. The van der Waals surface area contributed by atoms with E-state index >= 15 is 0 Å². The van der Waals surface area contributed by atoms with Gasteiger partial charge in [0.1, 0.15) is 11.5 Å². The first-order valence-corrected chi connectivity index (χ1v) is 7.77. The molecular weight excluding hydrogens is 321 g/mol. The van der Waals surface area contributed by atoms with E-state index in [-0.39, 0.29) is 6.61 Å². The molecule has 25 heavy (non-hydrogen) atoms. The first-order valence-electron chi connectivity index (χ1n) is 7.77. The highest BCUT2D eigenvalue weighted by Crippen LogP contribution is 2.29. The third kappa shape index (κ3) is 4.55. The molecule has 0 N–H and O–H groups in total. The Kier molecular flexibility index (Phi) is 5.60. The van der Waals surface area contributed by atoms with Crippen molar-refractivity contribution in [3.05, 3.63) is 64.4 Å². The molecule has 7 nitrogen and oxygen atoms in total. The average molecular weight is 336 g/mol. The highest BCUT2D eigenvalue weighted by atomic mass is 16.7. The molecule has 0 unspecified atom stereocenters. The van der Waals surface area contributed by atoms with Crippen molar-refractivity contribution < 1.29 is 18.7 Å². The Hall–Kier alpha value is -2.91. The van der Waals surface area contributed by atoms with Crippen LogP contribution in [0, 0.1) is 12.0 Å². The highest BCUT2D eigenvalue weighted by molar-refractivity contribution is 6.36. The van der Waals surface area contributed by atoms with Gasteiger partial charge in [0.05, 0.1) is 18.7 Å². The van der Waals surface area contributed by atoms with E-state index < -0.39 is 7.32 Å². The quantitative estimate of drug-likeness (QED) is 0.458. The topological polar surface area (TPSA) is 69.4 Å². The minimum atomic E-state index is -0.717. The van der Waals surface area contributed by atoms with E-state index in [1.54, 1.807) is 42.5 Å². The molecule has 2 aromatic rings. The lowest BCUT2D eigenvalue weighted by Crippen LogP contribution is -2.32. The van der Waals surface area contributed by atoms with E-state index in [9.17, 15) is 0 Å². The van der Waals surface area contributed by atoms with Gasteiger partial charge in [-0.1, -0.05) is 12.1 Å². The molecule has 1 fully saturated rings. The summed E-state index contributed by atoms with van der Waals surface area (Å²) in [5.74, 6) is 1.17. The van der Waals surface area contributed by atoms with Crippen LogP contribution in [0.15, 0.2) is 42.5 Å². The van der Waals surface area contributed by atoms with Crippen LogP contribution in [0.4, 0.5) is 11.4 Å². The van der Waals surface area contributed by atoms with E-state index in [1.807, 2.05) is 0 Å². The summed E-state index contributed by atoms with van der Waals surface area (Å²) in [5.41, 5.74) is 1.56. The molecule has 1 aliphatic rings. The van der Waals surface area contributed by atoms with Gasteiger partial charge >= 0.3 is 13.0 Å². The summed E-state index contributed by atoms with van der Waals surface area (Å²) in [4.78, 5) is 6.59. The number of rotatable bonds is 5. The van der Waals surface area contributed by atoms with Crippen LogP contribution in [0.3, 0.4) is 0 Å². The fraction of sp³-hybridized carbons (Fsp3) is 0.235. The summed E-state index contributed by atoms with van der Waals surface area (Å²) in [7, 11) is -0.717. The first-order chi connectivity index (χ1) is 12.3. The summed E-state index contributed by atoms with van der Waals surface area (Å²) in [6.45, 7) is 8.28. The number of nitrogens with zero attached hydrogens (tertiary/aromatic N) is 3. The molecule has 0 bridgehead atoms. The predicted molar refractivity (Wildman–Crippen MR) is 91.0 cm³/mol. The van der Waals surface area contributed by atoms with E-state index in [0.717, 1.165) is 6.42 Å². The van der Waals surface area contributed by atoms with E-state index in [4.69, 9.17) is 30.7 Å². The van der Waals surface area contributed by atoms with Crippen molar-refractivity contribution in [2.45, 2.75) is 13.0 Å². The van der Waals surface area contributed by atoms with Crippen molar-refractivity contribution >= 4 is 18.7 Å². The minimum Gasteiger partial charge on any atom is -0.457 e. The maximum Gasteiger partial charge on any atom is 0.639 e. The molecule has 3 rings (SSSR count). The fourth-order valence-electron chi connectivity index (χ4n) is 2.28. The van der Waals surface area contributed by atoms with Crippen molar-refractivity contribution in [1.82, 2.24) is 0 Å². The van der Waals surface area contributed by atoms with Gasteiger partial charge < -0.3 is 18.7 Å². The SMILES string of the molecule is [C-]#[N+]c1ccc(Oc2ccc([N+]#N)c(COB3OCCCO3)c2)cc1. The fourth-order valence-corrected chi connectivity index (χ4v) is 2.28. The zero-order valence-corrected chi connectivity index (χ0v) is 13.4. The molecule has 1 aliphatic heterocycles. The molecule has 0 spiro atoms. The molecule has 0 radical (unpaired) electrons. The largest absolute Gasteiger partial charge is 0.639 e. The van der Waals surface area contributed by atoms with Crippen LogP contribution in [-0.4, -0.2) is 20.5 Å². The second kappa shape index (κ2) is 8.27. The van der Waals surface area contributed by atoms with E-state index in [0.29, 0.717) is 41.7 Å². The summed E-state index contributed by atoms with van der Waals surface area (Å²) >= 11 is 0. The highest BCUT2D eigenvalue weighted by Gasteiger charge is 2.26. The van der Waals surface area contributed by atoms with Crippen molar-refractivity contribution in [3.63, 3.8) is 0 Å². The zero-order chi connectivity index (χ0) is 17.5. The lowest BCUT2D eigenvalue weighted by Gasteiger charge is -2.18. The normalized spacial score (nSPS) is 13.8. The second-order valence-corrected chi connectivity index (χ2v) is 5.29. The Labute approximate surface area is 145 Å². The number of ether oxygens (including phenoxy) is 1. The van der Waals surface area contributed by atoms with Crippen LogP contribution < -0.4 is 4.74 Å². The summed E-state index contributed by atoms with van der Waals surface area (Å²) in [5, 5.41) is 9.13. The summed E-state index contributed by atoms with van der Waals surface area (Å²) in [6, 6.07) is 11.8. The molecule has 1 saturated heterocycles. The van der Waals surface area contributed by atoms with Crippen LogP contribution >= 0.6 is 0 Å². The van der Waals surface area contributed by atoms with Gasteiger partial charge in [0, 0.05) is 19.3 Å². The smallest absolute Gasteiger partial charge is 0.457 e. The molecular formula is C17H15BN3O4+. The Morgan fingerprint density at radius 2 is 1.80 bits per heavy atom. The first kappa shape index (κ1) is 16.9. The molecule has 0 aliphatic carbocycles. The van der Waals surface area contributed by atoms with E-state index in [2.05, 4.69) is 9.82 Å². The maximum absolute atomic E-state index is 9.13. The molecule has 0 aromatic heterocycles. The Balaban J connectivity index is 1.70. The molecule has 0 amide bonds. The van der Waals surface area contributed by atoms with Gasteiger partial charge in [-0.15, -0.1) is 0 Å². The Morgan fingerprint density at radius 1 is 1.08 bits per heavy atom. The lowest BCUT2D eigenvalue weighted by molar-refractivity contribution is 0.0488. The van der Waals surface area contributed by atoms with Crippen LogP contribution in [0.25, 0.3) is 9.82 Å². The van der Waals surface area contributed by atoms with Crippen LogP contribution in [0.2, 0.25) is 0 Å². The third-order valence-corrected chi connectivity index (χ3v) is 3.53. The standard InChI is InChI=1S/C17H15BN3O4/c1-20-14-3-5-15(6-4-14)25-16-7-8-17(21-19)13(11-16)12-24-18-22-9-2-10-23-18/h3-8,11H,2,9-10,12H2/q+1. The monoisotopic (exact) mass is 336 g/mol. The number of hydrogen-bond donors (Lipinski definition) is 0. The van der Waals surface area contributed by atoms with Crippen molar-refractivity contribution in [2.24, 2.45) is 0 Å². The van der Waals surface area contributed by atoms with Crippen molar-refractivity contribution in [3.8, 4) is 11.5 Å². The Morgan fingerprint density at radius 3 is 2.48 bits per heavy atom. The molecule has 1 heterocycles. The predicted octanol–water partition coefficient (Wildman–Crippen LogP) is 4.45. The summed E-state index contributed by atoms with van der Waals surface area (Å²) in [6.07, 6.45) is 0.840. The van der Waals surface area contributed by atoms with Gasteiger partial charge in [-0.2, -0.15) is 0 Å². The van der Waals surface area contributed by atoms with Gasteiger partial charge in [-0.05, 0) is 30.7 Å². The van der Waals surface area contributed by atoms with Gasteiger partial charge in [-0.25, -0.2) is 4.85 Å². The average Bonchev–Trinajstić information content (AvgIpc) is 2.68.